The van der Waals surface area contributed by atoms with Gasteiger partial charge in [-0.2, -0.15) is 0 Å². The fourth-order valence-electron chi connectivity index (χ4n) is 9.21. The lowest BCUT2D eigenvalue weighted by Gasteiger charge is -2.29. The van der Waals surface area contributed by atoms with Crippen molar-refractivity contribution in [3.05, 3.63) is 174 Å². The molecular weight excluding hydrogens is 591 g/mol. The number of para-hydroxylation sites is 1. The number of fused-ring (bicyclic) bond motifs is 12. The molecule has 234 valence electrons. The maximum absolute atomic E-state index is 2.44. The van der Waals surface area contributed by atoms with Crippen LogP contribution in [0.2, 0.25) is 0 Å². The van der Waals surface area contributed by atoms with Gasteiger partial charge in [-0.3, -0.25) is 0 Å². The number of hydrogen-bond acceptors (Lipinski definition) is 1. The van der Waals surface area contributed by atoms with Gasteiger partial charge >= 0.3 is 0 Å². The van der Waals surface area contributed by atoms with Crippen molar-refractivity contribution in [1.29, 1.82) is 0 Å². The normalized spacial score (nSPS) is 14.9. The molecule has 0 aromatic heterocycles. The van der Waals surface area contributed by atoms with E-state index in [4.69, 9.17) is 0 Å². The van der Waals surface area contributed by atoms with E-state index < -0.39 is 0 Å². The second kappa shape index (κ2) is 9.94. The maximum Gasteiger partial charge on any atom is 0.0468 e. The average Bonchev–Trinajstić information content (AvgIpc) is 3.52. The van der Waals surface area contributed by atoms with Crippen LogP contribution >= 0.6 is 0 Å². The highest BCUT2D eigenvalue weighted by atomic mass is 15.1. The van der Waals surface area contributed by atoms with Gasteiger partial charge < -0.3 is 4.90 Å². The van der Waals surface area contributed by atoms with E-state index in [0.29, 0.717) is 0 Å². The molecule has 0 heterocycles. The van der Waals surface area contributed by atoms with Gasteiger partial charge in [0.25, 0.3) is 0 Å². The van der Waals surface area contributed by atoms with E-state index >= 15 is 0 Å². The van der Waals surface area contributed by atoms with Crippen LogP contribution in [0.4, 0.5) is 17.1 Å². The third-order valence-electron chi connectivity index (χ3n) is 11.6. The van der Waals surface area contributed by atoms with Gasteiger partial charge in [-0.1, -0.05) is 143 Å². The van der Waals surface area contributed by atoms with Gasteiger partial charge in [0.2, 0.25) is 0 Å². The molecule has 10 rings (SSSR count). The van der Waals surface area contributed by atoms with Crippen LogP contribution in [-0.4, -0.2) is 0 Å². The summed E-state index contributed by atoms with van der Waals surface area (Å²) in [4.78, 5) is 2.43. The minimum Gasteiger partial charge on any atom is -0.310 e. The lowest BCUT2D eigenvalue weighted by Crippen LogP contribution is -2.17. The molecule has 0 unspecified atom stereocenters. The first-order valence-electron chi connectivity index (χ1n) is 17.4. The smallest absolute Gasteiger partial charge is 0.0468 e. The molecule has 2 aliphatic rings. The van der Waals surface area contributed by atoms with Crippen LogP contribution < -0.4 is 4.90 Å². The Morgan fingerprint density at radius 1 is 0.367 bits per heavy atom. The molecule has 2 aliphatic carbocycles. The van der Waals surface area contributed by atoms with Crippen LogP contribution in [-0.2, 0) is 10.8 Å². The monoisotopic (exact) mass is 627 g/mol. The van der Waals surface area contributed by atoms with Crippen molar-refractivity contribution in [2.24, 2.45) is 0 Å². The molecule has 1 heteroatoms. The molecule has 0 radical (unpaired) electrons. The summed E-state index contributed by atoms with van der Waals surface area (Å²) in [6, 6.07) is 56.6. The highest BCUT2D eigenvalue weighted by Crippen LogP contribution is 2.55. The third kappa shape index (κ3) is 3.88. The minimum absolute atomic E-state index is 0.0976. The van der Waals surface area contributed by atoms with Gasteiger partial charge in [0.1, 0.15) is 0 Å². The van der Waals surface area contributed by atoms with Gasteiger partial charge in [-0.15, -0.1) is 0 Å². The Morgan fingerprint density at radius 3 is 1.63 bits per heavy atom. The van der Waals surface area contributed by atoms with Crippen LogP contribution in [0.5, 0.6) is 0 Å². The van der Waals surface area contributed by atoms with E-state index in [1.807, 2.05) is 0 Å². The van der Waals surface area contributed by atoms with Crippen molar-refractivity contribution in [1.82, 2.24) is 0 Å². The fraction of sp³-hybridized carbons (Fsp3) is 0.125. The second-order valence-corrected chi connectivity index (χ2v) is 15.0. The maximum atomic E-state index is 2.44. The molecular formula is C48H37N. The number of benzene rings is 8. The summed E-state index contributed by atoms with van der Waals surface area (Å²) in [5, 5.41) is 7.86. The lowest BCUT2D eigenvalue weighted by molar-refractivity contribution is 0.661. The molecule has 0 spiro atoms. The quantitative estimate of drug-likeness (QED) is 0.188. The number of nitrogens with zero attached hydrogens (tertiary/aromatic N) is 1. The highest BCUT2D eigenvalue weighted by molar-refractivity contribution is 6.08. The Labute approximate surface area is 288 Å². The minimum atomic E-state index is -0.109. The van der Waals surface area contributed by atoms with Gasteiger partial charge in [0.15, 0.2) is 0 Å². The Bertz CT molecular complexity index is 2660. The fourth-order valence-corrected chi connectivity index (χ4v) is 9.21. The van der Waals surface area contributed by atoms with Crippen molar-refractivity contribution in [2.45, 2.75) is 38.5 Å². The molecule has 8 aromatic rings. The summed E-state index contributed by atoms with van der Waals surface area (Å²) in [5.41, 5.74) is 14.4. The van der Waals surface area contributed by atoms with Gasteiger partial charge in [-0.25, -0.2) is 0 Å². The van der Waals surface area contributed by atoms with Crippen LogP contribution in [0.3, 0.4) is 0 Å². The summed E-state index contributed by atoms with van der Waals surface area (Å²) in [6.45, 7) is 9.54. The van der Waals surface area contributed by atoms with Crippen molar-refractivity contribution in [2.75, 3.05) is 4.90 Å². The van der Waals surface area contributed by atoms with E-state index in [9.17, 15) is 0 Å². The first-order valence-corrected chi connectivity index (χ1v) is 17.4. The van der Waals surface area contributed by atoms with Crippen molar-refractivity contribution in [3.63, 3.8) is 0 Å². The summed E-state index contributed by atoms with van der Waals surface area (Å²) in [7, 11) is 0. The van der Waals surface area contributed by atoms with Gasteiger partial charge in [0, 0.05) is 27.9 Å². The molecule has 0 N–H and O–H groups in total. The van der Waals surface area contributed by atoms with Crippen molar-refractivity contribution in [3.8, 4) is 22.3 Å². The largest absolute Gasteiger partial charge is 0.310 e. The second-order valence-electron chi connectivity index (χ2n) is 15.0. The highest BCUT2D eigenvalue weighted by Gasteiger charge is 2.39. The summed E-state index contributed by atoms with van der Waals surface area (Å²) >= 11 is 0. The Balaban J connectivity index is 1.15. The lowest BCUT2D eigenvalue weighted by atomic mass is 9.80. The molecule has 8 aromatic carbocycles. The van der Waals surface area contributed by atoms with E-state index in [1.54, 1.807) is 0 Å². The molecule has 0 saturated carbocycles. The van der Waals surface area contributed by atoms with Crippen molar-refractivity contribution < 1.29 is 0 Å². The molecule has 1 nitrogen and oxygen atoms in total. The van der Waals surface area contributed by atoms with Crippen molar-refractivity contribution >= 4 is 49.4 Å². The topological polar surface area (TPSA) is 3.24 Å². The zero-order valence-electron chi connectivity index (χ0n) is 28.4. The molecule has 0 fully saturated rings. The Hall–Kier alpha value is -5.66. The van der Waals surface area contributed by atoms with Crippen LogP contribution in [0.25, 0.3) is 54.6 Å². The van der Waals surface area contributed by atoms with Gasteiger partial charge in [-0.05, 0) is 113 Å². The predicted octanol–water partition coefficient (Wildman–Crippen LogP) is 13.2. The van der Waals surface area contributed by atoms with E-state index in [2.05, 4.69) is 184 Å². The molecule has 0 aliphatic heterocycles. The van der Waals surface area contributed by atoms with E-state index in [0.717, 1.165) is 11.4 Å². The molecule has 0 bridgehead atoms. The van der Waals surface area contributed by atoms with Gasteiger partial charge in [0.05, 0.1) is 0 Å². The van der Waals surface area contributed by atoms with Crippen LogP contribution in [0.1, 0.15) is 49.9 Å². The van der Waals surface area contributed by atoms with E-state index in [1.165, 1.54) is 82.5 Å². The first-order chi connectivity index (χ1) is 23.8. The average molecular weight is 628 g/mol. The summed E-state index contributed by atoms with van der Waals surface area (Å²) in [6.07, 6.45) is 0. The number of hydrogen-bond donors (Lipinski definition) is 0. The molecule has 0 amide bonds. The number of anilines is 3. The SMILES string of the molecule is CC1(C)c2cc(N(c3ccccc3)c3ccc4c5c(ccc4c3)-c3c(ccc4ccccc34)C5(C)C)ccc2-c2c1ccc1ccccc21. The first kappa shape index (κ1) is 28.4. The zero-order valence-corrected chi connectivity index (χ0v) is 28.4. The van der Waals surface area contributed by atoms with Crippen LogP contribution in [0.15, 0.2) is 152 Å². The summed E-state index contributed by atoms with van der Waals surface area (Å²) in [5.74, 6) is 0. The number of rotatable bonds is 3. The molecule has 0 saturated heterocycles. The molecule has 0 atom stereocenters. The van der Waals surface area contributed by atoms with Crippen LogP contribution in [0, 0.1) is 0 Å². The third-order valence-corrected chi connectivity index (χ3v) is 11.6. The predicted molar refractivity (Wildman–Crippen MR) is 209 cm³/mol. The zero-order chi connectivity index (χ0) is 33.1. The Kier molecular flexibility index (Phi) is 5.75. The van der Waals surface area contributed by atoms with E-state index in [-0.39, 0.29) is 10.8 Å². The Morgan fingerprint density at radius 2 is 0.918 bits per heavy atom. The molecule has 49 heavy (non-hydrogen) atoms. The standard InChI is InChI=1S/C48H37N/c1-47(2)41-26-19-30-12-8-10-16-36(30)44(41)39-25-22-35(29-43(39)47)49(33-14-6-5-7-15-33)34-21-24-38-32(28-34)18-23-40-45-37-17-11-9-13-31(37)20-27-42(45)48(3,4)46(38)40/h5-29H,1-4H3. The summed E-state index contributed by atoms with van der Waals surface area (Å²) < 4.78 is 0.